The minimum absolute atomic E-state index is 0.277. The third kappa shape index (κ3) is 6.09. The summed E-state index contributed by atoms with van der Waals surface area (Å²) in [4.78, 5) is 0. The molecule has 21 heavy (non-hydrogen) atoms. The molecule has 0 fully saturated rings. The van der Waals surface area contributed by atoms with Gasteiger partial charge in [0.15, 0.2) is 0 Å². The molecule has 0 aromatic heterocycles. The van der Waals surface area contributed by atoms with Gasteiger partial charge in [-0.2, -0.15) is 0 Å². The van der Waals surface area contributed by atoms with Crippen molar-refractivity contribution in [3.05, 3.63) is 29.3 Å². The predicted molar refractivity (Wildman–Crippen MR) is 92.1 cm³/mol. The molecule has 0 amide bonds. The molecule has 0 radical (unpaired) electrons. The highest BCUT2D eigenvalue weighted by Crippen LogP contribution is 2.32. The van der Waals surface area contributed by atoms with E-state index in [-0.39, 0.29) is 5.41 Å². The maximum atomic E-state index is 5.54. The summed E-state index contributed by atoms with van der Waals surface area (Å²) >= 11 is 0. The lowest BCUT2D eigenvalue weighted by Gasteiger charge is -2.32. The van der Waals surface area contributed by atoms with Crippen molar-refractivity contribution in [3.8, 4) is 5.75 Å². The summed E-state index contributed by atoms with van der Waals surface area (Å²) in [5, 5.41) is 3.62. The molecule has 1 aromatic rings. The Labute approximate surface area is 131 Å². The minimum Gasteiger partial charge on any atom is -0.496 e. The van der Waals surface area contributed by atoms with Crippen LogP contribution in [0.1, 0.15) is 45.7 Å². The van der Waals surface area contributed by atoms with Crippen LogP contribution in [0.25, 0.3) is 0 Å². The minimum atomic E-state index is 0.277. The zero-order chi connectivity index (χ0) is 16.0. The van der Waals surface area contributed by atoms with Gasteiger partial charge >= 0.3 is 0 Å². The van der Waals surface area contributed by atoms with Gasteiger partial charge in [-0.1, -0.05) is 52.3 Å². The van der Waals surface area contributed by atoms with Crippen LogP contribution in [-0.4, -0.2) is 20.2 Å². The fraction of sp³-hybridized carbons (Fsp3) is 0.684. The number of nitrogens with one attached hydrogen (secondary N) is 1. The molecule has 120 valence electrons. The van der Waals surface area contributed by atoms with Crippen LogP contribution in [0.15, 0.2) is 18.2 Å². The van der Waals surface area contributed by atoms with E-state index in [4.69, 9.17) is 4.74 Å². The van der Waals surface area contributed by atoms with Gasteiger partial charge < -0.3 is 10.1 Å². The fourth-order valence-corrected chi connectivity index (χ4v) is 2.56. The molecule has 1 aromatic carbocycles. The average Bonchev–Trinajstić information content (AvgIpc) is 2.36. The molecule has 0 aliphatic heterocycles. The maximum Gasteiger partial charge on any atom is 0.122 e. The van der Waals surface area contributed by atoms with Gasteiger partial charge in [-0.25, -0.2) is 0 Å². The largest absolute Gasteiger partial charge is 0.496 e. The molecule has 0 heterocycles. The van der Waals surface area contributed by atoms with Crippen molar-refractivity contribution in [2.75, 3.05) is 20.2 Å². The molecule has 0 bridgehead atoms. The van der Waals surface area contributed by atoms with Crippen molar-refractivity contribution in [2.24, 2.45) is 17.3 Å². The summed E-state index contributed by atoms with van der Waals surface area (Å²) in [5.41, 5.74) is 2.90. The second-order valence-corrected chi connectivity index (χ2v) is 7.63. The van der Waals surface area contributed by atoms with E-state index < -0.39 is 0 Å². The topological polar surface area (TPSA) is 21.3 Å². The van der Waals surface area contributed by atoms with Crippen LogP contribution < -0.4 is 10.1 Å². The summed E-state index contributed by atoms with van der Waals surface area (Å²) in [7, 11) is 1.76. The van der Waals surface area contributed by atoms with Gasteiger partial charge in [0.25, 0.3) is 0 Å². The highest BCUT2D eigenvalue weighted by Gasteiger charge is 2.25. The van der Waals surface area contributed by atoms with E-state index in [1.807, 2.05) is 0 Å². The standard InChI is InChI=1S/C19H33NO/c1-14(2)12-20-13-17(19(4,5)6)11-16-10-15(3)8-9-18(16)21-7/h8-10,14,17,20H,11-13H2,1-7H3. The van der Waals surface area contributed by atoms with Crippen molar-refractivity contribution >= 4 is 0 Å². The van der Waals surface area contributed by atoms with Gasteiger partial charge in [0.05, 0.1) is 7.11 Å². The Balaban J connectivity index is 2.83. The normalized spacial score (nSPS) is 13.5. The molecule has 1 N–H and O–H groups in total. The molecular weight excluding hydrogens is 258 g/mol. The summed E-state index contributed by atoms with van der Waals surface area (Å²) in [6, 6.07) is 6.47. The fourth-order valence-electron chi connectivity index (χ4n) is 2.56. The smallest absolute Gasteiger partial charge is 0.122 e. The van der Waals surface area contributed by atoms with Crippen LogP contribution in [-0.2, 0) is 6.42 Å². The van der Waals surface area contributed by atoms with Crippen LogP contribution in [0, 0.1) is 24.2 Å². The number of benzene rings is 1. The number of rotatable bonds is 7. The van der Waals surface area contributed by atoms with Crippen LogP contribution >= 0.6 is 0 Å². The average molecular weight is 291 g/mol. The second kappa shape index (κ2) is 7.84. The highest BCUT2D eigenvalue weighted by atomic mass is 16.5. The first-order chi connectivity index (χ1) is 9.74. The summed E-state index contributed by atoms with van der Waals surface area (Å²) in [6.07, 6.45) is 1.06. The number of hydrogen-bond acceptors (Lipinski definition) is 2. The molecule has 1 atom stereocenters. The van der Waals surface area contributed by atoms with E-state index in [0.29, 0.717) is 11.8 Å². The Kier molecular flexibility index (Phi) is 6.73. The monoisotopic (exact) mass is 291 g/mol. The Hall–Kier alpha value is -1.02. The highest BCUT2D eigenvalue weighted by molar-refractivity contribution is 5.37. The molecule has 0 aliphatic rings. The van der Waals surface area contributed by atoms with Crippen molar-refractivity contribution in [1.29, 1.82) is 0 Å². The maximum absolute atomic E-state index is 5.54. The number of methoxy groups -OCH3 is 1. The Morgan fingerprint density at radius 3 is 2.33 bits per heavy atom. The first-order valence-electron chi connectivity index (χ1n) is 8.08. The van der Waals surface area contributed by atoms with Crippen molar-refractivity contribution < 1.29 is 4.74 Å². The van der Waals surface area contributed by atoms with Crippen molar-refractivity contribution in [3.63, 3.8) is 0 Å². The molecule has 0 saturated carbocycles. The van der Waals surface area contributed by atoms with Gasteiger partial charge in [0, 0.05) is 0 Å². The zero-order valence-electron chi connectivity index (χ0n) is 14.9. The summed E-state index contributed by atoms with van der Waals surface area (Å²) in [5.74, 6) is 2.30. The van der Waals surface area contributed by atoms with Gasteiger partial charge in [0.1, 0.15) is 5.75 Å². The van der Waals surface area contributed by atoms with Gasteiger partial charge in [-0.15, -0.1) is 0 Å². The molecule has 0 spiro atoms. The van der Waals surface area contributed by atoms with Gasteiger partial charge in [-0.05, 0) is 55.3 Å². The molecule has 2 heteroatoms. The lowest BCUT2D eigenvalue weighted by molar-refractivity contribution is 0.227. The summed E-state index contributed by atoms with van der Waals surface area (Å²) in [6.45, 7) is 15.8. The third-order valence-corrected chi connectivity index (χ3v) is 4.07. The lowest BCUT2D eigenvalue weighted by Crippen LogP contribution is -2.35. The molecule has 2 nitrogen and oxygen atoms in total. The van der Waals surface area contributed by atoms with E-state index >= 15 is 0 Å². The van der Waals surface area contributed by atoms with E-state index in [1.54, 1.807) is 7.11 Å². The predicted octanol–water partition coefficient (Wildman–Crippen LogP) is 4.45. The zero-order valence-corrected chi connectivity index (χ0v) is 14.9. The molecule has 0 aliphatic carbocycles. The molecule has 0 saturated heterocycles. The molecule has 1 unspecified atom stereocenters. The van der Waals surface area contributed by atoms with Gasteiger partial charge in [0.2, 0.25) is 0 Å². The number of ether oxygens (including phenoxy) is 1. The van der Waals surface area contributed by atoms with Crippen LogP contribution in [0.4, 0.5) is 0 Å². The molecular formula is C19H33NO. The summed E-state index contributed by atoms with van der Waals surface area (Å²) < 4.78 is 5.54. The number of hydrogen-bond donors (Lipinski definition) is 1. The van der Waals surface area contributed by atoms with Crippen LogP contribution in [0.5, 0.6) is 5.75 Å². The Bertz CT molecular complexity index is 432. The van der Waals surface area contributed by atoms with Crippen molar-refractivity contribution in [2.45, 2.75) is 48.0 Å². The first kappa shape index (κ1) is 18.0. The van der Waals surface area contributed by atoms with Gasteiger partial charge in [-0.3, -0.25) is 0 Å². The van der Waals surface area contributed by atoms with E-state index in [2.05, 4.69) is 65.1 Å². The quantitative estimate of drug-likeness (QED) is 0.801. The van der Waals surface area contributed by atoms with Crippen molar-refractivity contribution in [1.82, 2.24) is 5.32 Å². The Morgan fingerprint density at radius 1 is 1.14 bits per heavy atom. The van der Waals surface area contributed by atoms with Crippen LogP contribution in [0.2, 0.25) is 0 Å². The van der Waals surface area contributed by atoms with E-state index in [9.17, 15) is 0 Å². The molecule has 1 rings (SSSR count). The SMILES string of the molecule is COc1ccc(C)cc1CC(CNCC(C)C)C(C)(C)C. The van der Waals surface area contributed by atoms with Crippen LogP contribution in [0.3, 0.4) is 0 Å². The second-order valence-electron chi connectivity index (χ2n) is 7.63. The Morgan fingerprint density at radius 2 is 1.81 bits per heavy atom. The first-order valence-corrected chi connectivity index (χ1v) is 8.08. The lowest BCUT2D eigenvalue weighted by atomic mass is 9.77. The number of aryl methyl sites for hydroxylation is 1. The van der Waals surface area contributed by atoms with E-state index in [1.165, 1.54) is 11.1 Å². The van der Waals surface area contributed by atoms with E-state index in [0.717, 1.165) is 25.3 Å². The third-order valence-electron chi connectivity index (χ3n) is 4.07.